The SMILES string of the molecule is CCCCC12CCC3C4CCC(=O)C=C4C=CC3C1CCC2C. The summed E-state index contributed by atoms with van der Waals surface area (Å²) in [6.45, 7) is 4.88. The van der Waals surface area contributed by atoms with E-state index in [-0.39, 0.29) is 0 Å². The smallest absolute Gasteiger partial charge is 0.155 e. The molecule has 4 rings (SSSR count). The summed E-state index contributed by atoms with van der Waals surface area (Å²) in [6.07, 6.45) is 18.6. The van der Waals surface area contributed by atoms with E-state index in [1.807, 2.05) is 6.08 Å². The molecule has 2 fully saturated rings. The molecule has 0 bridgehead atoms. The van der Waals surface area contributed by atoms with Crippen LogP contribution in [0.2, 0.25) is 0 Å². The molecule has 0 N–H and O–H groups in total. The first-order valence-corrected chi connectivity index (χ1v) is 10.1. The highest BCUT2D eigenvalue weighted by Gasteiger charge is 2.55. The normalized spacial score (nSPS) is 45.2. The third-order valence-electron chi connectivity index (χ3n) is 8.01. The lowest BCUT2D eigenvalue weighted by molar-refractivity contribution is -0.115. The predicted molar refractivity (Wildman–Crippen MR) is 95.0 cm³/mol. The third-order valence-corrected chi connectivity index (χ3v) is 8.01. The average Bonchev–Trinajstić information content (AvgIpc) is 2.89. The monoisotopic (exact) mass is 312 g/mol. The summed E-state index contributed by atoms with van der Waals surface area (Å²) in [5.41, 5.74) is 1.99. The number of ketones is 1. The second kappa shape index (κ2) is 5.90. The summed E-state index contributed by atoms with van der Waals surface area (Å²) in [6, 6.07) is 0. The Kier molecular flexibility index (Phi) is 4.02. The molecule has 0 spiro atoms. The summed E-state index contributed by atoms with van der Waals surface area (Å²) >= 11 is 0. The van der Waals surface area contributed by atoms with Crippen LogP contribution in [0, 0.1) is 35.0 Å². The zero-order valence-corrected chi connectivity index (χ0v) is 14.9. The van der Waals surface area contributed by atoms with Crippen molar-refractivity contribution < 1.29 is 4.79 Å². The van der Waals surface area contributed by atoms with Crippen LogP contribution in [-0.4, -0.2) is 5.78 Å². The Morgan fingerprint density at radius 3 is 2.91 bits per heavy atom. The van der Waals surface area contributed by atoms with Gasteiger partial charge in [0.05, 0.1) is 0 Å². The van der Waals surface area contributed by atoms with E-state index in [4.69, 9.17) is 0 Å². The molecule has 2 saturated carbocycles. The van der Waals surface area contributed by atoms with Crippen molar-refractivity contribution in [1.82, 2.24) is 0 Å². The Bertz CT molecular complexity index is 542. The van der Waals surface area contributed by atoms with Gasteiger partial charge in [-0.25, -0.2) is 0 Å². The predicted octanol–water partition coefficient (Wildman–Crippen LogP) is 5.71. The van der Waals surface area contributed by atoms with Crippen molar-refractivity contribution in [1.29, 1.82) is 0 Å². The Morgan fingerprint density at radius 2 is 2.09 bits per heavy atom. The van der Waals surface area contributed by atoms with Crippen LogP contribution in [0.15, 0.2) is 23.8 Å². The Morgan fingerprint density at radius 1 is 1.22 bits per heavy atom. The lowest BCUT2D eigenvalue weighted by Crippen LogP contribution is -2.46. The summed E-state index contributed by atoms with van der Waals surface area (Å²) < 4.78 is 0. The zero-order chi connectivity index (χ0) is 16.0. The van der Waals surface area contributed by atoms with Gasteiger partial charge in [0.25, 0.3) is 0 Å². The number of hydrogen-bond donors (Lipinski definition) is 0. The number of hydrogen-bond acceptors (Lipinski definition) is 1. The van der Waals surface area contributed by atoms with Gasteiger partial charge in [0.15, 0.2) is 5.78 Å². The maximum atomic E-state index is 11.8. The maximum absolute atomic E-state index is 11.8. The summed E-state index contributed by atoms with van der Waals surface area (Å²) in [7, 11) is 0. The first kappa shape index (κ1) is 15.7. The molecule has 4 aliphatic carbocycles. The summed E-state index contributed by atoms with van der Waals surface area (Å²) in [5, 5.41) is 0. The number of carbonyl (C=O) groups is 1. The molecule has 0 heterocycles. The van der Waals surface area contributed by atoms with E-state index in [2.05, 4.69) is 26.0 Å². The largest absolute Gasteiger partial charge is 0.295 e. The van der Waals surface area contributed by atoms with Crippen LogP contribution >= 0.6 is 0 Å². The molecule has 0 aromatic heterocycles. The van der Waals surface area contributed by atoms with Crippen molar-refractivity contribution in [3.8, 4) is 0 Å². The van der Waals surface area contributed by atoms with Gasteiger partial charge in [-0.05, 0) is 85.2 Å². The standard InChI is InChI=1S/C22H32O/c1-3-4-12-22-13-11-19-18-9-7-17(23)14-16(18)6-8-20(19)21(22)10-5-15(22)2/h6,8,14-15,18-21H,3-5,7,9-13H2,1-2H3. The van der Waals surface area contributed by atoms with Crippen LogP contribution in [0.4, 0.5) is 0 Å². The van der Waals surface area contributed by atoms with Crippen LogP contribution in [0.5, 0.6) is 0 Å². The van der Waals surface area contributed by atoms with Crippen LogP contribution in [0.25, 0.3) is 0 Å². The third kappa shape index (κ3) is 2.37. The van der Waals surface area contributed by atoms with E-state index < -0.39 is 0 Å². The van der Waals surface area contributed by atoms with E-state index in [1.165, 1.54) is 50.5 Å². The van der Waals surface area contributed by atoms with E-state index in [0.717, 1.165) is 36.5 Å². The molecular weight excluding hydrogens is 280 g/mol. The minimum Gasteiger partial charge on any atom is -0.295 e. The van der Waals surface area contributed by atoms with Crippen LogP contribution < -0.4 is 0 Å². The number of allylic oxidation sites excluding steroid dienone is 4. The van der Waals surface area contributed by atoms with Gasteiger partial charge in [-0.1, -0.05) is 38.8 Å². The molecule has 0 aromatic carbocycles. The molecule has 0 saturated heterocycles. The lowest BCUT2D eigenvalue weighted by atomic mass is 9.51. The maximum Gasteiger partial charge on any atom is 0.155 e. The van der Waals surface area contributed by atoms with Gasteiger partial charge < -0.3 is 0 Å². The quantitative estimate of drug-likeness (QED) is 0.652. The topological polar surface area (TPSA) is 17.1 Å². The van der Waals surface area contributed by atoms with Crippen LogP contribution in [-0.2, 0) is 4.79 Å². The summed E-state index contributed by atoms with van der Waals surface area (Å²) in [4.78, 5) is 11.8. The van der Waals surface area contributed by atoms with E-state index in [1.54, 1.807) is 0 Å². The zero-order valence-electron chi connectivity index (χ0n) is 14.9. The molecule has 6 atom stereocenters. The summed E-state index contributed by atoms with van der Waals surface area (Å²) in [5.74, 6) is 4.48. The fourth-order valence-electron chi connectivity index (χ4n) is 6.80. The number of carbonyl (C=O) groups excluding carboxylic acids is 1. The number of rotatable bonds is 3. The molecule has 126 valence electrons. The lowest BCUT2D eigenvalue weighted by Gasteiger charge is -2.53. The van der Waals surface area contributed by atoms with Crippen molar-refractivity contribution in [2.75, 3.05) is 0 Å². The molecule has 23 heavy (non-hydrogen) atoms. The fourth-order valence-corrected chi connectivity index (χ4v) is 6.80. The van der Waals surface area contributed by atoms with Gasteiger partial charge in [-0.15, -0.1) is 0 Å². The average molecular weight is 312 g/mol. The molecule has 1 heteroatoms. The van der Waals surface area contributed by atoms with E-state index in [0.29, 0.717) is 17.1 Å². The van der Waals surface area contributed by atoms with Gasteiger partial charge in [0.2, 0.25) is 0 Å². The first-order chi connectivity index (χ1) is 11.2. The van der Waals surface area contributed by atoms with Crippen molar-refractivity contribution in [2.24, 2.45) is 35.0 Å². The number of fused-ring (bicyclic) bond motifs is 5. The highest BCUT2D eigenvalue weighted by molar-refractivity contribution is 5.91. The fraction of sp³-hybridized carbons (Fsp3) is 0.773. The second-order valence-corrected chi connectivity index (χ2v) is 8.82. The van der Waals surface area contributed by atoms with Gasteiger partial charge >= 0.3 is 0 Å². The van der Waals surface area contributed by atoms with Crippen LogP contribution in [0.1, 0.15) is 71.6 Å². The van der Waals surface area contributed by atoms with Gasteiger partial charge in [-0.2, -0.15) is 0 Å². The minimum atomic E-state index is 0.349. The van der Waals surface area contributed by atoms with E-state index >= 15 is 0 Å². The molecule has 0 aliphatic heterocycles. The van der Waals surface area contributed by atoms with Crippen molar-refractivity contribution in [2.45, 2.75) is 71.6 Å². The molecular formula is C22H32O. The van der Waals surface area contributed by atoms with Gasteiger partial charge in [0.1, 0.15) is 0 Å². The molecule has 0 aromatic rings. The minimum absolute atomic E-state index is 0.349. The molecule has 4 aliphatic rings. The van der Waals surface area contributed by atoms with Crippen molar-refractivity contribution in [3.63, 3.8) is 0 Å². The second-order valence-electron chi connectivity index (χ2n) is 8.82. The number of unbranched alkanes of at least 4 members (excludes halogenated alkanes) is 1. The van der Waals surface area contributed by atoms with E-state index in [9.17, 15) is 4.79 Å². The highest BCUT2D eigenvalue weighted by atomic mass is 16.1. The van der Waals surface area contributed by atoms with Crippen LogP contribution in [0.3, 0.4) is 0 Å². The van der Waals surface area contributed by atoms with Gasteiger partial charge in [-0.3, -0.25) is 4.79 Å². The molecule has 6 unspecified atom stereocenters. The molecule has 0 amide bonds. The van der Waals surface area contributed by atoms with Crippen molar-refractivity contribution >= 4 is 5.78 Å². The van der Waals surface area contributed by atoms with Gasteiger partial charge in [0, 0.05) is 6.42 Å². The first-order valence-electron chi connectivity index (χ1n) is 10.1. The Balaban J connectivity index is 1.64. The Hall–Kier alpha value is -0.850. The molecule has 1 nitrogen and oxygen atoms in total. The van der Waals surface area contributed by atoms with Crippen molar-refractivity contribution in [3.05, 3.63) is 23.8 Å². The highest BCUT2D eigenvalue weighted by Crippen LogP contribution is 2.64. The molecule has 0 radical (unpaired) electrons. The Labute approximate surface area is 141 Å².